The molecule has 3 aromatic rings. The molecule has 0 unspecified atom stereocenters. The number of aryl methyl sites for hydroxylation is 3. The van der Waals surface area contributed by atoms with Gasteiger partial charge in [-0.3, -0.25) is 4.98 Å². The van der Waals surface area contributed by atoms with E-state index in [9.17, 15) is 0 Å². The third-order valence-corrected chi connectivity index (χ3v) is 6.38. The molecule has 0 amide bonds. The van der Waals surface area contributed by atoms with Crippen molar-refractivity contribution in [3.8, 4) is 0 Å². The van der Waals surface area contributed by atoms with Crippen molar-refractivity contribution in [3.63, 3.8) is 0 Å². The SMILES string of the molecule is C.Cc1ccc(CCn2c3c(c4c(Br)ccc(Br)c42)CN(C)CC3)cn1. The van der Waals surface area contributed by atoms with Crippen LogP contribution in [-0.2, 0) is 25.9 Å². The third-order valence-electron chi connectivity index (χ3n) is 5.08. The van der Waals surface area contributed by atoms with E-state index in [1.165, 1.54) is 36.7 Å². The number of rotatable bonds is 3. The Labute approximate surface area is 172 Å². The van der Waals surface area contributed by atoms with Crippen LogP contribution in [0.25, 0.3) is 10.9 Å². The first-order chi connectivity index (χ1) is 12.0. The molecule has 3 nitrogen and oxygen atoms in total. The quantitative estimate of drug-likeness (QED) is 0.478. The van der Waals surface area contributed by atoms with E-state index in [2.05, 4.69) is 77.6 Å². The molecule has 0 bridgehead atoms. The van der Waals surface area contributed by atoms with E-state index in [0.717, 1.165) is 38.2 Å². The van der Waals surface area contributed by atoms with Gasteiger partial charge in [-0.1, -0.05) is 29.4 Å². The van der Waals surface area contributed by atoms with Crippen LogP contribution in [0.15, 0.2) is 39.4 Å². The summed E-state index contributed by atoms with van der Waals surface area (Å²) in [6.45, 7) is 5.14. The zero-order chi connectivity index (χ0) is 17.6. The summed E-state index contributed by atoms with van der Waals surface area (Å²) in [6.07, 6.45) is 4.11. The molecule has 0 fully saturated rings. The number of aromatic nitrogens is 2. The van der Waals surface area contributed by atoms with E-state index in [1.807, 2.05) is 13.1 Å². The van der Waals surface area contributed by atoms with Crippen LogP contribution in [0.5, 0.6) is 0 Å². The molecule has 0 saturated heterocycles. The number of pyridine rings is 1. The lowest BCUT2D eigenvalue weighted by Crippen LogP contribution is -2.27. The van der Waals surface area contributed by atoms with E-state index < -0.39 is 0 Å². The standard InChI is InChI=1S/C20H21Br2N3.CH4/c1-13-3-4-14(11-23-13)7-10-25-18-8-9-24(2)12-15(18)19-16(21)5-6-17(22)20(19)25;/h3-6,11H,7-10,12H2,1-2H3;1H4. The molecule has 0 N–H and O–H groups in total. The number of hydrogen-bond donors (Lipinski definition) is 0. The summed E-state index contributed by atoms with van der Waals surface area (Å²) in [5, 5.41) is 1.36. The van der Waals surface area contributed by atoms with Crippen LogP contribution in [0, 0.1) is 6.92 Å². The van der Waals surface area contributed by atoms with Gasteiger partial charge in [0.2, 0.25) is 0 Å². The van der Waals surface area contributed by atoms with Crippen LogP contribution < -0.4 is 0 Å². The lowest BCUT2D eigenvalue weighted by molar-refractivity contribution is 0.309. The lowest BCUT2D eigenvalue weighted by atomic mass is 10.1. The summed E-state index contributed by atoms with van der Waals surface area (Å²) < 4.78 is 4.88. The lowest BCUT2D eigenvalue weighted by Gasteiger charge is -2.24. The maximum Gasteiger partial charge on any atom is 0.0641 e. The number of likely N-dealkylation sites (N-methyl/N-ethyl adjacent to an activating group) is 1. The largest absolute Gasteiger partial charge is 0.343 e. The summed E-state index contributed by atoms with van der Waals surface area (Å²) >= 11 is 7.58. The number of hydrogen-bond acceptors (Lipinski definition) is 2. The molecule has 0 saturated carbocycles. The van der Waals surface area contributed by atoms with Gasteiger partial charge >= 0.3 is 0 Å². The normalized spacial score (nSPS) is 14.3. The Hall–Kier alpha value is -1.17. The Kier molecular flexibility index (Phi) is 5.90. The molecule has 0 atom stereocenters. The van der Waals surface area contributed by atoms with Gasteiger partial charge in [0.25, 0.3) is 0 Å². The first kappa shape index (κ1) is 19.6. The molecule has 0 aliphatic carbocycles. The van der Waals surface area contributed by atoms with Gasteiger partial charge < -0.3 is 9.47 Å². The molecule has 3 heterocycles. The monoisotopic (exact) mass is 477 g/mol. The number of fused-ring (bicyclic) bond motifs is 3. The molecule has 138 valence electrons. The molecule has 0 radical (unpaired) electrons. The molecule has 1 aromatic carbocycles. The van der Waals surface area contributed by atoms with Crippen molar-refractivity contribution in [2.75, 3.05) is 13.6 Å². The van der Waals surface area contributed by atoms with Crippen LogP contribution in [-0.4, -0.2) is 28.0 Å². The van der Waals surface area contributed by atoms with E-state index in [4.69, 9.17) is 0 Å². The molecule has 26 heavy (non-hydrogen) atoms. The van der Waals surface area contributed by atoms with Gasteiger partial charge in [0, 0.05) is 58.0 Å². The highest BCUT2D eigenvalue weighted by atomic mass is 79.9. The summed E-state index contributed by atoms with van der Waals surface area (Å²) in [5.41, 5.74) is 6.64. The van der Waals surface area contributed by atoms with E-state index in [1.54, 1.807) is 0 Å². The Bertz CT molecular complexity index is 929. The molecule has 4 rings (SSSR count). The summed E-state index contributed by atoms with van der Waals surface area (Å²) in [6, 6.07) is 8.58. The summed E-state index contributed by atoms with van der Waals surface area (Å²) in [7, 11) is 2.20. The smallest absolute Gasteiger partial charge is 0.0641 e. The topological polar surface area (TPSA) is 21.1 Å². The number of halogens is 2. The Morgan fingerprint density at radius 3 is 2.62 bits per heavy atom. The second kappa shape index (κ2) is 7.83. The fraction of sp³-hybridized carbons (Fsp3) is 0.381. The van der Waals surface area contributed by atoms with E-state index in [0.29, 0.717) is 0 Å². The predicted molar refractivity (Wildman–Crippen MR) is 117 cm³/mol. The Morgan fingerprint density at radius 2 is 1.88 bits per heavy atom. The zero-order valence-electron chi connectivity index (χ0n) is 14.5. The van der Waals surface area contributed by atoms with Crippen molar-refractivity contribution >= 4 is 42.8 Å². The van der Waals surface area contributed by atoms with Crippen LogP contribution >= 0.6 is 31.9 Å². The van der Waals surface area contributed by atoms with Gasteiger partial charge in [-0.25, -0.2) is 0 Å². The van der Waals surface area contributed by atoms with Crippen molar-refractivity contribution in [1.29, 1.82) is 0 Å². The van der Waals surface area contributed by atoms with E-state index >= 15 is 0 Å². The fourth-order valence-corrected chi connectivity index (χ4v) is 4.87. The highest BCUT2D eigenvalue weighted by Gasteiger charge is 2.24. The first-order valence-corrected chi connectivity index (χ1v) is 10.2. The van der Waals surface area contributed by atoms with Crippen LogP contribution in [0.3, 0.4) is 0 Å². The van der Waals surface area contributed by atoms with Crippen molar-refractivity contribution < 1.29 is 0 Å². The second-order valence-electron chi connectivity index (χ2n) is 6.88. The van der Waals surface area contributed by atoms with Gasteiger partial charge in [-0.15, -0.1) is 0 Å². The fourth-order valence-electron chi connectivity index (χ4n) is 3.77. The summed E-state index contributed by atoms with van der Waals surface area (Å²) in [4.78, 5) is 6.84. The molecule has 1 aliphatic rings. The molecule has 2 aromatic heterocycles. The van der Waals surface area contributed by atoms with Gasteiger partial charge in [0.1, 0.15) is 0 Å². The van der Waals surface area contributed by atoms with Crippen molar-refractivity contribution in [1.82, 2.24) is 14.5 Å². The Morgan fingerprint density at radius 1 is 1.12 bits per heavy atom. The highest BCUT2D eigenvalue weighted by Crippen LogP contribution is 2.39. The molecule has 0 spiro atoms. The molecule has 5 heteroatoms. The number of benzene rings is 1. The average Bonchev–Trinajstić information content (AvgIpc) is 2.92. The Balaban J connectivity index is 0.00000196. The van der Waals surface area contributed by atoms with Gasteiger partial charge in [-0.05, 0) is 65.6 Å². The molecular formula is C21H25Br2N3. The number of nitrogens with zero attached hydrogens (tertiary/aromatic N) is 3. The third kappa shape index (κ3) is 3.49. The van der Waals surface area contributed by atoms with Gasteiger partial charge in [0.05, 0.1) is 5.52 Å². The van der Waals surface area contributed by atoms with Gasteiger partial charge in [0.15, 0.2) is 0 Å². The summed E-state index contributed by atoms with van der Waals surface area (Å²) in [5.74, 6) is 0. The second-order valence-corrected chi connectivity index (χ2v) is 8.58. The van der Waals surface area contributed by atoms with Gasteiger partial charge in [-0.2, -0.15) is 0 Å². The van der Waals surface area contributed by atoms with Crippen LogP contribution in [0.2, 0.25) is 0 Å². The predicted octanol–water partition coefficient (Wildman–Crippen LogP) is 5.74. The van der Waals surface area contributed by atoms with E-state index in [-0.39, 0.29) is 7.43 Å². The van der Waals surface area contributed by atoms with Crippen LogP contribution in [0.4, 0.5) is 0 Å². The van der Waals surface area contributed by atoms with Crippen molar-refractivity contribution in [3.05, 3.63) is 61.9 Å². The minimum atomic E-state index is 0. The highest BCUT2D eigenvalue weighted by molar-refractivity contribution is 9.11. The molecular weight excluding hydrogens is 454 g/mol. The average molecular weight is 479 g/mol. The maximum absolute atomic E-state index is 4.44. The van der Waals surface area contributed by atoms with Crippen molar-refractivity contribution in [2.24, 2.45) is 0 Å². The maximum atomic E-state index is 4.44. The van der Waals surface area contributed by atoms with Crippen molar-refractivity contribution in [2.45, 2.75) is 40.3 Å². The minimum Gasteiger partial charge on any atom is -0.343 e. The molecule has 1 aliphatic heterocycles. The van der Waals surface area contributed by atoms with Crippen LogP contribution in [0.1, 0.15) is 29.9 Å². The first-order valence-electron chi connectivity index (χ1n) is 8.62. The minimum absolute atomic E-state index is 0. The zero-order valence-corrected chi connectivity index (χ0v) is 17.7.